The Labute approximate surface area is 226 Å². The second-order valence-corrected chi connectivity index (χ2v) is 8.85. The summed E-state index contributed by atoms with van der Waals surface area (Å²) < 4.78 is 1.73. The molecule has 0 fully saturated rings. The van der Waals surface area contributed by atoms with Gasteiger partial charge >= 0.3 is 0 Å². The molecule has 0 atom stereocenters. The lowest BCUT2D eigenvalue weighted by atomic mass is 10.1. The van der Waals surface area contributed by atoms with Gasteiger partial charge in [-0.2, -0.15) is 5.10 Å². The Balaban J connectivity index is 1.51. The molecule has 0 spiro atoms. The molecule has 0 saturated heterocycles. The number of pyridine rings is 1. The van der Waals surface area contributed by atoms with Crippen LogP contribution in [-0.2, 0) is 22.7 Å². The van der Waals surface area contributed by atoms with Crippen molar-refractivity contribution >= 4 is 17.9 Å². The van der Waals surface area contributed by atoms with Crippen LogP contribution in [0.2, 0.25) is 0 Å². The highest BCUT2D eigenvalue weighted by Crippen LogP contribution is 2.25. The smallest absolute Gasteiger partial charge is 0.257 e. The maximum atomic E-state index is 13.4. The number of benzene rings is 3. The van der Waals surface area contributed by atoms with Crippen LogP contribution < -0.4 is 10.6 Å². The lowest BCUT2D eigenvalue weighted by Crippen LogP contribution is -2.34. The molecule has 39 heavy (non-hydrogen) atoms. The van der Waals surface area contributed by atoms with Crippen LogP contribution in [0.4, 0.5) is 0 Å². The van der Waals surface area contributed by atoms with Crippen LogP contribution in [-0.4, -0.2) is 26.6 Å². The molecule has 0 saturated carbocycles. The summed E-state index contributed by atoms with van der Waals surface area (Å²) in [5, 5.41) is 10.6. The van der Waals surface area contributed by atoms with Crippen LogP contribution in [0.25, 0.3) is 23.0 Å². The summed E-state index contributed by atoms with van der Waals surface area (Å²) in [6.45, 7) is 0.587. The predicted octanol–water partition coefficient (Wildman–Crippen LogP) is 4.95. The summed E-state index contributed by atoms with van der Waals surface area (Å²) in [6.07, 6.45) is 6.80. The molecule has 7 heteroatoms. The van der Waals surface area contributed by atoms with Gasteiger partial charge in [0.2, 0.25) is 0 Å². The van der Waals surface area contributed by atoms with Crippen molar-refractivity contribution in [1.29, 1.82) is 0 Å². The molecule has 5 aromatic rings. The number of para-hydroxylation sites is 1. The second kappa shape index (κ2) is 12.3. The van der Waals surface area contributed by atoms with E-state index in [0.29, 0.717) is 24.3 Å². The standard InChI is InChI=1S/C32H27N5O2/c38-31(34-20-24-11-4-1-5-12-24)29(32(39)35-21-25-13-6-2-7-14-25)19-27-23-37(28-16-8-3-9-17-28)36-30(27)26-15-10-18-33-22-26/h1-19,22-23H,20-21H2,(H,34,38)(H,35,39). The molecule has 7 nitrogen and oxygen atoms in total. The number of rotatable bonds is 9. The molecule has 2 N–H and O–H groups in total. The third-order valence-electron chi connectivity index (χ3n) is 6.08. The first-order chi connectivity index (χ1) is 19.2. The number of hydrogen-bond donors (Lipinski definition) is 2. The summed E-state index contributed by atoms with van der Waals surface area (Å²) in [6, 6.07) is 32.5. The van der Waals surface area contributed by atoms with Crippen molar-refractivity contribution in [3.63, 3.8) is 0 Å². The molecule has 0 unspecified atom stereocenters. The van der Waals surface area contributed by atoms with Gasteiger partial charge in [-0.05, 0) is 41.5 Å². The highest BCUT2D eigenvalue weighted by molar-refractivity contribution is 6.21. The molecule has 0 aliphatic carbocycles. The van der Waals surface area contributed by atoms with Crippen molar-refractivity contribution < 1.29 is 9.59 Å². The average Bonchev–Trinajstić information content (AvgIpc) is 3.43. The number of carbonyl (C=O) groups excluding carboxylic acids is 2. The summed E-state index contributed by atoms with van der Waals surface area (Å²) in [5.41, 5.74) is 4.70. The zero-order chi connectivity index (χ0) is 26.9. The van der Waals surface area contributed by atoms with Crippen LogP contribution in [0.5, 0.6) is 0 Å². The Hall–Kier alpha value is -5.30. The normalized spacial score (nSPS) is 10.5. The molecule has 0 radical (unpaired) electrons. The lowest BCUT2D eigenvalue weighted by molar-refractivity contribution is -0.123. The van der Waals surface area contributed by atoms with Gasteiger partial charge in [-0.15, -0.1) is 0 Å². The molecule has 2 amide bonds. The van der Waals surface area contributed by atoms with Gasteiger partial charge in [0.1, 0.15) is 11.3 Å². The third kappa shape index (κ3) is 6.53. The quantitative estimate of drug-likeness (QED) is 0.166. The van der Waals surface area contributed by atoms with E-state index >= 15 is 0 Å². The van der Waals surface area contributed by atoms with Crippen LogP contribution in [0.15, 0.2) is 127 Å². The lowest BCUT2D eigenvalue weighted by Gasteiger charge is -2.11. The van der Waals surface area contributed by atoms with Crippen molar-refractivity contribution in [3.05, 3.63) is 144 Å². The van der Waals surface area contributed by atoms with Gasteiger partial charge in [0.05, 0.1) is 5.69 Å². The minimum atomic E-state index is -0.478. The van der Waals surface area contributed by atoms with E-state index in [-0.39, 0.29) is 5.57 Å². The van der Waals surface area contributed by atoms with Crippen molar-refractivity contribution in [3.8, 4) is 16.9 Å². The van der Waals surface area contributed by atoms with Crippen molar-refractivity contribution in [1.82, 2.24) is 25.4 Å². The molecule has 0 aliphatic heterocycles. The van der Waals surface area contributed by atoms with Crippen molar-refractivity contribution in [2.24, 2.45) is 0 Å². The van der Waals surface area contributed by atoms with Gasteiger partial charge in [0.15, 0.2) is 0 Å². The highest BCUT2D eigenvalue weighted by Gasteiger charge is 2.21. The fraction of sp³-hybridized carbons (Fsp3) is 0.0625. The van der Waals surface area contributed by atoms with E-state index < -0.39 is 11.8 Å². The average molecular weight is 514 g/mol. The van der Waals surface area contributed by atoms with Crippen LogP contribution in [0.1, 0.15) is 16.7 Å². The number of hydrogen-bond acceptors (Lipinski definition) is 4. The maximum absolute atomic E-state index is 13.4. The number of amides is 2. The van der Waals surface area contributed by atoms with Gasteiger partial charge in [-0.25, -0.2) is 4.68 Å². The monoisotopic (exact) mass is 513 g/mol. The molecule has 0 aliphatic rings. The molecule has 5 rings (SSSR count). The minimum Gasteiger partial charge on any atom is -0.348 e. The summed E-state index contributed by atoms with van der Waals surface area (Å²) in [7, 11) is 0. The zero-order valence-electron chi connectivity index (χ0n) is 21.2. The second-order valence-electron chi connectivity index (χ2n) is 8.85. The van der Waals surface area contributed by atoms with Gasteiger partial charge in [0, 0.05) is 42.8 Å². The summed E-state index contributed by atoms with van der Waals surface area (Å²) in [5.74, 6) is -0.956. The number of carbonyl (C=O) groups is 2. The van der Waals surface area contributed by atoms with Crippen molar-refractivity contribution in [2.75, 3.05) is 0 Å². The van der Waals surface area contributed by atoms with Gasteiger partial charge in [-0.3, -0.25) is 14.6 Å². The molecule has 2 heterocycles. The van der Waals surface area contributed by atoms with Crippen LogP contribution >= 0.6 is 0 Å². The van der Waals surface area contributed by atoms with E-state index in [1.807, 2.05) is 109 Å². The number of nitrogens with one attached hydrogen (secondary N) is 2. The minimum absolute atomic E-state index is 0.0142. The van der Waals surface area contributed by atoms with Gasteiger partial charge in [0.25, 0.3) is 11.8 Å². The molecule has 3 aromatic carbocycles. The van der Waals surface area contributed by atoms with Crippen LogP contribution in [0.3, 0.4) is 0 Å². The van der Waals surface area contributed by atoms with Crippen LogP contribution in [0, 0.1) is 0 Å². The fourth-order valence-electron chi connectivity index (χ4n) is 4.07. The summed E-state index contributed by atoms with van der Waals surface area (Å²) >= 11 is 0. The first kappa shape index (κ1) is 25.4. The first-order valence-corrected chi connectivity index (χ1v) is 12.6. The molecule has 0 bridgehead atoms. The van der Waals surface area contributed by atoms with Gasteiger partial charge in [-0.1, -0.05) is 78.9 Å². The van der Waals surface area contributed by atoms with E-state index in [4.69, 9.17) is 5.10 Å². The Morgan fingerprint density at radius 2 is 1.28 bits per heavy atom. The summed E-state index contributed by atoms with van der Waals surface area (Å²) in [4.78, 5) is 31.1. The molecule has 2 aromatic heterocycles. The zero-order valence-corrected chi connectivity index (χ0v) is 21.2. The van der Waals surface area contributed by atoms with E-state index in [1.165, 1.54) is 0 Å². The van der Waals surface area contributed by atoms with E-state index in [0.717, 1.165) is 22.4 Å². The molecular formula is C32H27N5O2. The Morgan fingerprint density at radius 3 is 1.82 bits per heavy atom. The Bertz CT molecular complexity index is 1510. The van der Waals surface area contributed by atoms with E-state index in [9.17, 15) is 9.59 Å². The first-order valence-electron chi connectivity index (χ1n) is 12.6. The predicted molar refractivity (Wildman–Crippen MR) is 151 cm³/mol. The molecule has 192 valence electrons. The highest BCUT2D eigenvalue weighted by atomic mass is 16.2. The largest absolute Gasteiger partial charge is 0.348 e. The topological polar surface area (TPSA) is 88.9 Å². The Kier molecular flexibility index (Phi) is 7.99. The third-order valence-corrected chi connectivity index (χ3v) is 6.08. The maximum Gasteiger partial charge on any atom is 0.257 e. The van der Waals surface area contributed by atoms with Crippen molar-refractivity contribution in [2.45, 2.75) is 13.1 Å². The van der Waals surface area contributed by atoms with E-state index in [2.05, 4.69) is 15.6 Å². The number of nitrogens with zero attached hydrogens (tertiary/aromatic N) is 3. The SMILES string of the molecule is O=C(NCc1ccccc1)C(=Cc1cn(-c2ccccc2)nc1-c1cccnc1)C(=O)NCc1ccccc1. The number of aromatic nitrogens is 3. The van der Waals surface area contributed by atoms with Gasteiger partial charge < -0.3 is 10.6 Å². The Morgan fingerprint density at radius 1 is 0.718 bits per heavy atom. The molecular weight excluding hydrogens is 486 g/mol. The fourth-order valence-corrected chi connectivity index (χ4v) is 4.07. The van der Waals surface area contributed by atoms with E-state index in [1.54, 1.807) is 23.2 Å².